The van der Waals surface area contributed by atoms with Gasteiger partial charge in [-0.25, -0.2) is 4.79 Å². The van der Waals surface area contributed by atoms with Crippen LogP contribution in [0.15, 0.2) is 24.3 Å². The first-order chi connectivity index (χ1) is 10.1. The SMILES string of the molecule is CCc1ccc(CCC(=O)N2CCSCC2C(=O)O)cc1. The highest BCUT2D eigenvalue weighted by atomic mass is 32.2. The average Bonchev–Trinajstić information content (AvgIpc) is 2.53. The van der Waals surface area contributed by atoms with Gasteiger partial charge in [-0.3, -0.25) is 4.79 Å². The van der Waals surface area contributed by atoms with E-state index in [-0.39, 0.29) is 5.91 Å². The Bertz CT molecular complexity index is 501. The number of nitrogens with zero attached hydrogens (tertiary/aromatic N) is 1. The van der Waals surface area contributed by atoms with E-state index in [4.69, 9.17) is 0 Å². The third kappa shape index (κ3) is 4.24. The molecular weight excluding hydrogens is 286 g/mol. The lowest BCUT2D eigenvalue weighted by atomic mass is 10.1. The molecule has 0 saturated carbocycles. The van der Waals surface area contributed by atoms with Crippen molar-refractivity contribution in [3.05, 3.63) is 35.4 Å². The second-order valence-electron chi connectivity index (χ2n) is 5.19. The van der Waals surface area contributed by atoms with Gasteiger partial charge >= 0.3 is 5.97 Å². The van der Waals surface area contributed by atoms with Crippen molar-refractivity contribution in [2.75, 3.05) is 18.1 Å². The summed E-state index contributed by atoms with van der Waals surface area (Å²) in [5, 5.41) is 9.19. The van der Waals surface area contributed by atoms with E-state index in [1.807, 2.05) is 12.1 Å². The van der Waals surface area contributed by atoms with Crippen molar-refractivity contribution >= 4 is 23.6 Å². The number of aryl methyl sites for hydroxylation is 2. The van der Waals surface area contributed by atoms with Gasteiger partial charge in [-0.1, -0.05) is 31.2 Å². The summed E-state index contributed by atoms with van der Waals surface area (Å²) < 4.78 is 0. The van der Waals surface area contributed by atoms with Gasteiger partial charge in [0.2, 0.25) is 5.91 Å². The third-order valence-electron chi connectivity index (χ3n) is 3.79. The van der Waals surface area contributed by atoms with Crippen LogP contribution >= 0.6 is 11.8 Å². The van der Waals surface area contributed by atoms with E-state index in [1.165, 1.54) is 10.5 Å². The molecule has 1 atom stereocenters. The maximum absolute atomic E-state index is 12.3. The number of carboxylic acid groups (broad SMARTS) is 1. The Labute approximate surface area is 129 Å². The number of rotatable bonds is 5. The molecule has 114 valence electrons. The molecule has 0 radical (unpaired) electrons. The van der Waals surface area contributed by atoms with Crippen molar-refractivity contribution in [1.29, 1.82) is 0 Å². The highest BCUT2D eigenvalue weighted by Gasteiger charge is 2.31. The second-order valence-corrected chi connectivity index (χ2v) is 6.34. The Kier molecular flexibility index (Phi) is 5.67. The number of hydrogen-bond acceptors (Lipinski definition) is 3. The molecule has 1 fully saturated rings. The lowest BCUT2D eigenvalue weighted by Crippen LogP contribution is -2.50. The lowest BCUT2D eigenvalue weighted by molar-refractivity contribution is -0.149. The first-order valence-electron chi connectivity index (χ1n) is 7.29. The predicted molar refractivity (Wildman–Crippen MR) is 84.6 cm³/mol. The van der Waals surface area contributed by atoms with Crippen LogP contribution in [-0.4, -0.2) is 46.0 Å². The number of carboxylic acids is 1. The Hall–Kier alpha value is -1.49. The zero-order chi connectivity index (χ0) is 15.2. The van der Waals surface area contributed by atoms with Gasteiger partial charge in [-0.05, 0) is 24.0 Å². The van der Waals surface area contributed by atoms with E-state index >= 15 is 0 Å². The lowest BCUT2D eigenvalue weighted by Gasteiger charge is -2.32. The normalized spacial score (nSPS) is 18.5. The summed E-state index contributed by atoms with van der Waals surface area (Å²) in [6.45, 7) is 2.65. The molecule has 4 nitrogen and oxygen atoms in total. The van der Waals surface area contributed by atoms with E-state index in [1.54, 1.807) is 11.8 Å². The van der Waals surface area contributed by atoms with Gasteiger partial charge < -0.3 is 10.0 Å². The summed E-state index contributed by atoms with van der Waals surface area (Å²) in [5.41, 5.74) is 2.41. The Balaban J connectivity index is 1.91. The fourth-order valence-electron chi connectivity index (χ4n) is 2.44. The van der Waals surface area contributed by atoms with E-state index in [9.17, 15) is 14.7 Å². The minimum Gasteiger partial charge on any atom is -0.480 e. The molecule has 0 aliphatic carbocycles. The Morgan fingerprint density at radius 3 is 2.57 bits per heavy atom. The molecule has 5 heteroatoms. The van der Waals surface area contributed by atoms with E-state index in [0.717, 1.165) is 17.7 Å². The van der Waals surface area contributed by atoms with Crippen molar-refractivity contribution in [3.8, 4) is 0 Å². The largest absolute Gasteiger partial charge is 0.480 e. The van der Waals surface area contributed by atoms with E-state index in [2.05, 4.69) is 19.1 Å². The van der Waals surface area contributed by atoms with Gasteiger partial charge in [0.1, 0.15) is 6.04 Å². The van der Waals surface area contributed by atoms with Crippen molar-refractivity contribution in [2.45, 2.75) is 32.2 Å². The van der Waals surface area contributed by atoms with Crippen LogP contribution in [0.2, 0.25) is 0 Å². The molecular formula is C16H21NO3S. The monoisotopic (exact) mass is 307 g/mol. The van der Waals surface area contributed by atoms with Gasteiger partial charge in [-0.2, -0.15) is 11.8 Å². The summed E-state index contributed by atoms with van der Waals surface area (Å²) in [5.74, 6) is 0.359. The summed E-state index contributed by atoms with van der Waals surface area (Å²) in [4.78, 5) is 25.0. The fourth-order valence-corrected chi connectivity index (χ4v) is 3.48. The molecule has 1 heterocycles. The number of carbonyl (C=O) groups is 2. The molecule has 1 saturated heterocycles. The van der Waals surface area contributed by atoms with Gasteiger partial charge in [0.25, 0.3) is 0 Å². The standard InChI is InChI=1S/C16H21NO3S/c1-2-12-3-5-13(6-4-12)7-8-15(18)17-9-10-21-11-14(17)16(19)20/h3-6,14H,2,7-11H2,1H3,(H,19,20). The average molecular weight is 307 g/mol. The molecule has 1 aromatic carbocycles. The quantitative estimate of drug-likeness (QED) is 0.906. The van der Waals surface area contributed by atoms with Crippen LogP contribution in [0.5, 0.6) is 0 Å². The van der Waals surface area contributed by atoms with Crippen molar-refractivity contribution in [1.82, 2.24) is 4.90 Å². The molecule has 2 rings (SSSR count). The molecule has 1 aliphatic rings. The number of hydrogen-bond donors (Lipinski definition) is 1. The number of amides is 1. The maximum Gasteiger partial charge on any atom is 0.327 e. The number of aliphatic carboxylic acids is 1. The summed E-state index contributed by atoms with van der Waals surface area (Å²) >= 11 is 1.60. The minimum absolute atomic E-state index is 0.0535. The van der Waals surface area contributed by atoms with Crippen LogP contribution in [0.3, 0.4) is 0 Å². The Morgan fingerprint density at radius 2 is 1.95 bits per heavy atom. The van der Waals surface area contributed by atoms with Gasteiger partial charge in [0.05, 0.1) is 0 Å². The van der Waals surface area contributed by atoms with Gasteiger partial charge in [0.15, 0.2) is 0 Å². The molecule has 0 spiro atoms. The summed E-state index contributed by atoms with van der Waals surface area (Å²) in [6, 6.07) is 7.59. The first-order valence-corrected chi connectivity index (χ1v) is 8.45. The predicted octanol–water partition coefficient (Wildman–Crippen LogP) is 2.21. The van der Waals surface area contributed by atoms with Crippen LogP contribution < -0.4 is 0 Å². The first kappa shape index (κ1) is 15.9. The molecule has 0 aromatic heterocycles. The van der Waals surface area contributed by atoms with Crippen LogP contribution in [0.1, 0.15) is 24.5 Å². The van der Waals surface area contributed by atoms with Crippen molar-refractivity contribution in [2.24, 2.45) is 0 Å². The topological polar surface area (TPSA) is 57.6 Å². The van der Waals surface area contributed by atoms with Crippen LogP contribution in [0.25, 0.3) is 0 Å². The van der Waals surface area contributed by atoms with Crippen molar-refractivity contribution < 1.29 is 14.7 Å². The molecule has 0 bridgehead atoms. The third-order valence-corrected chi connectivity index (χ3v) is 4.82. The molecule has 1 unspecified atom stereocenters. The van der Waals surface area contributed by atoms with E-state index in [0.29, 0.717) is 25.1 Å². The fraction of sp³-hybridized carbons (Fsp3) is 0.500. The second kappa shape index (κ2) is 7.50. The zero-order valence-electron chi connectivity index (χ0n) is 12.2. The van der Waals surface area contributed by atoms with Crippen molar-refractivity contribution in [3.63, 3.8) is 0 Å². The molecule has 1 aromatic rings. The highest BCUT2D eigenvalue weighted by Crippen LogP contribution is 2.18. The number of benzene rings is 1. The van der Waals surface area contributed by atoms with Crippen LogP contribution in [0.4, 0.5) is 0 Å². The number of carbonyl (C=O) groups excluding carboxylic acids is 1. The molecule has 1 N–H and O–H groups in total. The van der Waals surface area contributed by atoms with Gasteiger partial charge in [-0.15, -0.1) is 0 Å². The zero-order valence-corrected chi connectivity index (χ0v) is 13.1. The maximum atomic E-state index is 12.3. The summed E-state index contributed by atoms with van der Waals surface area (Å²) in [7, 11) is 0. The molecule has 1 aliphatic heterocycles. The number of thioether (sulfide) groups is 1. The molecule has 1 amide bonds. The highest BCUT2D eigenvalue weighted by molar-refractivity contribution is 7.99. The van der Waals surface area contributed by atoms with Crippen LogP contribution in [0, 0.1) is 0 Å². The summed E-state index contributed by atoms with van der Waals surface area (Å²) in [6.07, 6.45) is 2.05. The van der Waals surface area contributed by atoms with Gasteiger partial charge in [0, 0.05) is 24.5 Å². The molecule has 21 heavy (non-hydrogen) atoms. The van der Waals surface area contributed by atoms with E-state index < -0.39 is 12.0 Å². The van der Waals surface area contributed by atoms with Crippen LogP contribution in [-0.2, 0) is 22.4 Å². The Morgan fingerprint density at radius 1 is 1.29 bits per heavy atom. The minimum atomic E-state index is -0.900. The smallest absolute Gasteiger partial charge is 0.327 e.